The van der Waals surface area contributed by atoms with Crippen LogP contribution in [0.4, 0.5) is 5.69 Å². The van der Waals surface area contributed by atoms with Gasteiger partial charge >= 0.3 is 0 Å². The topological polar surface area (TPSA) is 76.1 Å². The van der Waals surface area contributed by atoms with Gasteiger partial charge in [-0.25, -0.2) is 0 Å². The van der Waals surface area contributed by atoms with E-state index in [1.54, 1.807) is 30.3 Å². The molecule has 1 amide bonds. The van der Waals surface area contributed by atoms with Gasteiger partial charge in [0.2, 0.25) is 0 Å². The number of Topliss-reactive ketones (excluding diaryl/α,β-unsaturated/α-hetero) is 1. The van der Waals surface area contributed by atoms with Crippen molar-refractivity contribution in [2.45, 2.75) is 39.7 Å². The molecule has 6 nitrogen and oxygen atoms in total. The Morgan fingerprint density at radius 3 is 2.41 bits per heavy atom. The number of anilines is 1. The average molecular weight is 520 g/mol. The van der Waals surface area contributed by atoms with Gasteiger partial charge in [0, 0.05) is 5.69 Å². The third-order valence-corrected chi connectivity index (χ3v) is 6.70. The Labute approximate surface area is 222 Å². The van der Waals surface area contributed by atoms with E-state index < -0.39 is 17.7 Å². The number of aliphatic hydroxyl groups excluding tert-OH is 1. The maximum absolute atomic E-state index is 13.5. The van der Waals surface area contributed by atoms with Crippen LogP contribution >= 0.6 is 11.6 Å². The summed E-state index contributed by atoms with van der Waals surface area (Å²) in [7, 11) is 1.44. The molecule has 1 aliphatic heterocycles. The summed E-state index contributed by atoms with van der Waals surface area (Å²) >= 11 is 6.39. The fourth-order valence-electron chi connectivity index (χ4n) is 4.63. The number of aryl methyl sites for hydroxylation is 1. The Morgan fingerprint density at radius 1 is 1.08 bits per heavy atom. The van der Waals surface area contributed by atoms with Crippen molar-refractivity contribution in [3.05, 3.63) is 93.5 Å². The fourth-order valence-corrected chi connectivity index (χ4v) is 4.98. The smallest absolute Gasteiger partial charge is 0.300 e. The van der Waals surface area contributed by atoms with Crippen LogP contribution in [0.2, 0.25) is 5.02 Å². The number of nitrogens with zero attached hydrogens (tertiary/aromatic N) is 1. The molecule has 0 radical (unpaired) electrons. The predicted octanol–water partition coefficient (Wildman–Crippen LogP) is 6.81. The Bertz CT molecular complexity index is 1380. The van der Waals surface area contributed by atoms with E-state index in [9.17, 15) is 14.7 Å². The fraction of sp³-hybridized carbons (Fsp3) is 0.267. The number of hydrogen-bond donors (Lipinski definition) is 1. The van der Waals surface area contributed by atoms with Crippen molar-refractivity contribution in [3.63, 3.8) is 0 Å². The second-order valence-electron chi connectivity index (χ2n) is 9.25. The van der Waals surface area contributed by atoms with E-state index in [1.807, 2.05) is 44.2 Å². The number of rotatable bonds is 7. The van der Waals surface area contributed by atoms with Gasteiger partial charge in [-0.15, -0.1) is 0 Å². The Kier molecular flexibility index (Phi) is 7.60. The van der Waals surface area contributed by atoms with E-state index in [0.717, 1.165) is 11.1 Å². The Hall–Kier alpha value is -3.77. The van der Waals surface area contributed by atoms with Gasteiger partial charge in [-0.3, -0.25) is 14.5 Å². The first kappa shape index (κ1) is 26.3. The Balaban J connectivity index is 1.98. The molecule has 3 aromatic rings. The first-order chi connectivity index (χ1) is 17.7. The van der Waals surface area contributed by atoms with Crippen molar-refractivity contribution in [1.82, 2.24) is 0 Å². The van der Waals surface area contributed by atoms with Crippen molar-refractivity contribution in [2.75, 3.05) is 18.6 Å². The highest BCUT2D eigenvalue weighted by atomic mass is 35.5. The van der Waals surface area contributed by atoms with Crippen molar-refractivity contribution in [3.8, 4) is 11.5 Å². The van der Waals surface area contributed by atoms with E-state index in [4.69, 9.17) is 21.1 Å². The normalized spacial score (nSPS) is 16.9. The van der Waals surface area contributed by atoms with Crippen LogP contribution in [0, 0.1) is 6.92 Å². The van der Waals surface area contributed by atoms with Gasteiger partial charge in [-0.1, -0.05) is 49.7 Å². The van der Waals surface area contributed by atoms with Crippen molar-refractivity contribution in [2.24, 2.45) is 0 Å². The number of ketones is 1. The zero-order valence-electron chi connectivity index (χ0n) is 21.5. The summed E-state index contributed by atoms with van der Waals surface area (Å²) in [6, 6.07) is 17.2. The van der Waals surface area contributed by atoms with Crippen LogP contribution in [0.15, 0.2) is 66.2 Å². The summed E-state index contributed by atoms with van der Waals surface area (Å²) in [5.41, 5.74) is 3.23. The molecule has 0 aromatic heterocycles. The molecule has 1 fully saturated rings. The molecule has 1 saturated heterocycles. The molecule has 0 spiro atoms. The van der Waals surface area contributed by atoms with Crippen LogP contribution < -0.4 is 14.4 Å². The standard InChI is InChI=1S/C30H30ClNO5/c1-6-37-22-9-7-8-20(16-22)26-25(27(33)23-14-18(4)15-24(31)29(23)36-5)28(34)30(35)32(26)21-12-10-19(11-13-21)17(2)3/h7-17,26,33H,6H2,1-5H3/b27-25+. The average Bonchev–Trinajstić information content (AvgIpc) is 3.14. The second kappa shape index (κ2) is 10.7. The van der Waals surface area contributed by atoms with Gasteiger partial charge in [0.05, 0.1) is 35.9 Å². The van der Waals surface area contributed by atoms with Crippen LogP contribution in [0.1, 0.15) is 55.0 Å². The molecular formula is C30H30ClNO5. The van der Waals surface area contributed by atoms with E-state index in [1.165, 1.54) is 12.0 Å². The lowest BCUT2D eigenvalue weighted by Crippen LogP contribution is -2.29. The molecule has 1 atom stereocenters. The summed E-state index contributed by atoms with van der Waals surface area (Å²) < 4.78 is 11.1. The number of benzene rings is 3. The first-order valence-corrected chi connectivity index (χ1v) is 12.5. The number of halogens is 1. The largest absolute Gasteiger partial charge is 0.507 e. The lowest BCUT2D eigenvalue weighted by atomic mass is 9.94. The zero-order chi connectivity index (χ0) is 26.9. The van der Waals surface area contributed by atoms with Crippen LogP contribution in [0.25, 0.3) is 5.76 Å². The number of ether oxygens (including phenoxy) is 2. The van der Waals surface area contributed by atoms with E-state index in [0.29, 0.717) is 29.5 Å². The molecule has 0 bridgehead atoms. The van der Waals surface area contributed by atoms with Crippen LogP contribution in [-0.2, 0) is 9.59 Å². The van der Waals surface area contributed by atoms with E-state index in [2.05, 4.69) is 13.8 Å². The van der Waals surface area contributed by atoms with Gasteiger partial charge in [-0.2, -0.15) is 0 Å². The quantitative estimate of drug-likeness (QED) is 0.211. The molecule has 4 rings (SSSR count). The minimum Gasteiger partial charge on any atom is -0.507 e. The minimum absolute atomic E-state index is 0.0495. The molecule has 0 aliphatic carbocycles. The minimum atomic E-state index is -0.894. The lowest BCUT2D eigenvalue weighted by Gasteiger charge is -2.26. The summed E-state index contributed by atoms with van der Waals surface area (Å²) in [5, 5.41) is 11.9. The number of carbonyl (C=O) groups excluding carboxylic acids is 2. The van der Waals surface area contributed by atoms with Crippen LogP contribution in [0.5, 0.6) is 11.5 Å². The van der Waals surface area contributed by atoms with Gasteiger partial charge in [0.1, 0.15) is 17.3 Å². The molecule has 1 N–H and O–H groups in total. The van der Waals surface area contributed by atoms with Crippen molar-refractivity contribution in [1.29, 1.82) is 0 Å². The molecule has 1 unspecified atom stereocenters. The van der Waals surface area contributed by atoms with Crippen molar-refractivity contribution >= 4 is 34.7 Å². The van der Waals surface area contributed by atoms with Gasteiger partial charge in [-0.05, 0) is 72.9 Å². The summed E-state index contributed by atoms with van der Waals surface area (Å²) in [4.78, 5) is 28.4. The van der Waals surface area contributed by atoms with E-state index >= 15 is 0 Å². The lowest BCUT2D eigenvalue weighted by molar-refractivity contribution is -0.132. The first-order valence-electron chi connectivity index (χ1n) is 12.2. The number of methoxy groups -OCH3 is 1. The maximum atomic E-state index is 13.5. The second-order valence-corrected chi connectivity index (χ2v) is 9.66. The van der Waals surface area contributed by atoms with Crippen molar-refractivity contribution < 1.29 is 24.2 Å². The summed E-state index contributed by atoms with van der Waals surface area (Å²) in [5.74, 6) is -0.758. The maximum Gasteiger partial charge on any atom is 0.300 e. The molecule has 0 saturated carbocycles. The highest BCUT2D eigenvalue weighted by Gasteiger charge is 2.47. The molecule has 192 valence electrons. The summed E-state index contributed by atoms with van der Waals surface area (Å²) in [6.07, 6.45) is 0. The number of carbonyl (C=O) groups is 2. The van der Waals surface area contributed by atoms with Crippen LogP contribution in [0.3, 0.4) is 0 Å². The number of aliphatic hydroxyl groups is 1. The SMILES string of the molecule is CCOc1cccc(C2/C(=C(\O)c3cc(C)cc(Cl)c3OC)C(=O)C(=O)N2c2ccc(C(C)C)cc2)c1. The Morgan fingerprint density at radius 2 is 1.78 bits per heavy atom. The van der Waals surface area contributed by atoms with E-state index in [-0.39, 0.29) is 27.7 Å². The molecule has 3 aromatic carbocycles. The molecular weight excluding hydrogens is 490 g/mol. The molecule has 7 heteroatoms. The van der Waals surface area contributed by atoms with Gasteiger partial charge in [0.15, 0.2) is 0 Å². The molecule has 1 aliphatic rings. The highest BCUT2D eigenvalue weighted by Crippen LogP contribution is 2.45. The zero-order valence-corrected chi connectivity index (χ0v) is 22.3. The summed E-state index contributed by atoms with van der Waals surface area (Å²) in [6.45, 7) is 8.32. The third-order valence-electron chi connectivity index (χ3n) is 6.41. The number of hydrogen-bond acceptors (Lipinski definition) is 5. The highest BCUT2D eigenvalue weighted by molar-refractivity contribution is 6.51. The molecule has 37 heavy (non-hydrogen) atoms. The third kappa shape index (κ3) is 4.94. The van der Waals surface area contributed by atoms with Crippen LogP contribution in [-0.4, -0.2) is 30.5 Å². The number of amides is 1. The van der Waals surface area contributed by atoms with Gasteiger partial charge < -0.3 is 14.6 Å². The van der Waals surface area contributed by atoms with Gasteiger partial charge in [0.25, 0.3) is 11.7 Å². The monoisotopic (exact) mass is 519 g/mol. The predicted molar refractivity (Wildman–Crippen MR) is 146 cm³/mol. The molecule has 1 heterocycles.